The number of carboxylic acids is 1. The van der Waals surface area contributed by atoms with Crippen LogP contribution in [-0.2, 0) is 28.6 Å². The first-order valence-electron chi connectivity index (χ1n) is 5.95. The molecule has 0 aromatic heterocycles. The average Bonchev–Trinajstić information content (AvgIpc) is 2.37. The molecule has 0 aromatic carbocycles. The summed E-state index contributed by atoms with van der Waals surface area (Å²) >= 11 is 16.1. The van der Waals surface area contributed by atoms with Crippen LogP contribution in [0.25, 0.3) is 0 Å². The van der Waals surface area contributed by atoms with E-state index in [0.29, 0.717) is 0 Å². The van der Waals surface area contributed by atoms with Gasteiger partial charge in [-0.2, -0.15) is 0 Å². The fraction of sp³-hybridized carbons (Fsp3) is 0.636. The fourth-order valence-electron chi connectivity index (χ4n) is 1.24. The molecule has 2 atom stereocenters. The standard InChI is InChI=1S/C11H14Cl3NO8/c1-5(16)21-3-7(23-6(2)17)8(9(18)19)15-10(20)22-4-11(12,13)14/h7-8H,3-4H2,1-2H3,(H,15,20)(H,18,19)/t7-,8-/m0/s1. The average molecular weight is 395 g/mol. The first kappa shape index (κ1) is 21.6. The normalized spacial score (nSPS) is 13.4. The number of carbonyl (C=O) groups is 4. The molecule has 23 heavy (non-hydrogen) atoms. The van der Waals surface area contributed by atoms with E-state index in [2.05, 4.69) is 9.47 Å². The fourth-order valence-corrected chi connectivity index (χ4v) is 1.40. The molecule has 0 unspecified atom stereocenters. The third kappa shape index (κ3) is 10.8. The zero-order valence-electron chi connectivity index (χ0n) is 12.0. The summed E-state index contributed by atoms with van der Waals surface area (Å²) in [5, 5.41) is 11.0. The number of hydrogen-bond acceptors (Lipinski definition) is 7. The third-order valence-electron chi connectivity index (χ3n) is 2.05. The Morgan fingerprint density at radius 1 is 1.09 bits per heavy atom. The first-order valence-corrected chi connectivity index (χ1v) is 7.09. The van der Waals surface area contributed by atoms with E-state index in [1.165, 1.54) is 0 Å². The van der Waals surface area contributed by atoms with E-state index in [4.69, 9.17) is 44.6 Å². The summed E-state index contributed by atoms with van der Waals surface area (Å²) in [6, 6.07) is -1.75. The Bertz CT molecular complexity index is 465. The number of carboxylic acid groups (broad SMARTS) is 1. The monoisotopic (exact) mass is 393 g/mol. The maximum Gasteiger partial charge on any atom is 0.408 e. The number of alkyl halides is 3. The van der Waals surface area contributed by atoms with Crippen molar-refractivity contribution in [1.29, 1.82) is 0 Å². The molecule has 0 aromatic rings. The summed E-state index contributed by atoms with van der Waals surface area (Å²) in [7, 11) is 0. The summed E-state index contributed by atoms with van der Waals surface area (Å²) in [4.78, 5) is 44.5. The van der Waals surface area contributed by atoms with Gasteiger partial charge < -0.3 is 24.6 Å². The predicted octanol–water partition coefficient (Wildman–Crippen LogP) is 1.03. The van der Waals surface area contributed by atoms with Crippen molar-refractivity contribution in [3.8, 4) is 0 Å². The zero-order valence-corrected chi connectivity index (χ0v) is 14.3. The van der Waals surface area contributed by atoms with E-state index in [1.807, 2.05) is 5.32 Å². The van der Waals surface area contributed by atoms with Gasteiger partial charge in [0.1, 0.15) is 13.2 Å². The lowest BCUT2D eigenvalue weighted by atomic mass is 10.1. The highest BCUT2D eigenvalue weighted by Gasteiger charge is 2.34. The maximum absolute atomic E-state index is 11.5. The Kier molecular flexibility index (Phi) is 9.03. The Labute approximate surface area is 146 Å². The van der Waals surface area contributed by atoms with E-state index >= 15 is 0 Å². The van der Waals surface area contributed by atoms with Crippen molar-refractivity contribution in [2.24, 2.45) is 0 Å². The highest BCUT2D eigenvalue weighted by atomic mass is 35.6. The molecular weight excluding hydrogens is 380 g/mol. The van der Waals surface area contributed by atoms with Gasteiger partial charge in [-0.1, -0.05) is 34.8 Å². The molecule has 0 aliphatic heterocycles. The summed E-state index contributed by atoms with van der Waals surface area (Å²) in [5.74, 6) is -3.14. The van der Waals surface area contributed by atoms with Gasteiger partial charge in [0, 0.05) is 13.8 Å². The number of amides is 1. The molecular formula is C11H14Cl3NO8. The van der Waals surface area contributed by atoms with Gasteiger partial charge in [-0.25, -0.2) is 9.59 Å². The first-order chi connectivity index (χ1) is 10.4. The number of alkyl carbamates (subject to hydrolysis) is 1. The van der Waals surface area contributed by atoms with Crippen molar-refractivity contribution in [1.82, 2.24) is 5.32 Å². The van der Waals surface area contributed by atoms with Crippen molar-refractivity contribution < 1.29 is 38.5 Å². The molecule has 0 aliphatic carbocycles. The van der Waals surface area contributed by atoms with Gasteiger partial charge in [0.2, 0.25) is 3.79 Å². The lowest BCUT2D eigenvalue weighted by Gasteiger charge is -2.24. The van der Waals surface area contributed by atoms with Crippen LogP contribution in [0, 0.1) is 0 Å². The summed E-state index contributed by atoms with van der Waals surface area (Å²) in [5.41, 5.74) is 0. The number of hydrogen-bond donors (Lipinski definition) is 2. The summed E-state index contributed by atoms with van der Waals surface area (Å²) < 4.78 is 11.9. The highest BCUT2D eigenvalue weighted by Crippen LogP contribution is 2.25. The molecule has 0 spiro atoms. The van der Waals surface area contributed by atoms with E-state index in [-0.39, 0.29) is 0 Å². The van der Waals surface area contributed by atoms with Gasteiger partial charge in [0.05, 0.1) is 0 Å². The van der Waals surface area contributed by atoms with Crippen LogP contribution < -0.4 is 5.32 Å². The number of aliphatic carboxylic acids is 1. The lowest BCUT2D eigenvalue weighted by molar-refractivity contribution is -0.162. The highest BCUT2D eigenvalue weighted by molar-refractivity contribution is 6.67. The minimum Gasteiger partial charge on any atom is -0.480 e. The van der Waals surface area contributed by atoms with Crippen molar-refractivity contribution >= 4 is 58.8 Å². The van der Waals surface area contributed by atoms with E-state index < -0.39 is 53.2 Å². The van der Waals surface area contributed by atoms with Crippen LogP contribution in [0.15, 0.2) is 0 Å². The zero-order chi connectivity index (χ0) is 18.2. The number of rotatable bonds is 7. The Morgan fingerprint density at radius 3 is 2.04 bits per heavy atom. The van der Waals surface area contributed by atoms with Crippen LogP contribution in [0.3, 0.4) is 0 Å². The number of nitrogens with one attached hydrogen (secondary N) is 1. The topological polar surface area (TPSA) is 128 Å². The van der Waals surface area contributed by atoms with Gasteiger partial charge in [-0.05, 0) is 0 Å². The van der Waals surface area contributed by atoms with Crippen molar-refractivity contribution in [2.45, 2.75) is 29.8 Å². The van der Waals surface area contributed by atoms with Gasteiger partial charge >= 0.3 is 24.0 Å². The second-order valence-electron chi connectivity index (χ2n) is 4.10. The van der Waals surface area contributed by atoms with E-state index in [0.717, 1.165) is 13.8 Å². The summed E-state index contributed by atoms with van der Waals surface area (Å²) in [6.45, 7) is 0.860. The molecule has 1 amide bonds. The smallest absolute Gasteiger partial charge is 0.408 e. The van der Waals surface area contributed by atoms with Gasteiger partial charge in [0.15, 0.2) is 12.1 Å². The Morgan fingerprint density at radius 2 is 1.65 bits per heavy atom. The van der Waals surface area contributed by atoms with Crippen LogP contribution >= 0.6 is 34.8 Å². The van der Waals surface area contributed by atoms with Gasteiger partial charge in [-0.3, -0.25) is 9.59 Å². The molecule has 0 saturated heterocycles. The van der Waals surface area contributed by atoms with Crippen LogP contribution in [0.1, 0.15) is 13.8 Å². The largest absolute Gasteiger partial charge is 0.480 e. The minimum absolute atomic E-state index is 0.587. The second kappa shape index (κ2) is 9.64. The molecule has 9 nitrogen and oxygen atoms in total. The minimum atomic E-state index is -1.89. The Balaban J connectivity index is 4.92. The lowest BCUT2D eigenvalue weighted by Crippen LogP contribution is -2.52. The van der Waals surface area contributed by atoms with Gasteiger partial charge in [-0.15, -0.1) is 0 Å². The van der Waals surface area contributed by atoms with Crippen LogP contribution in [0.2, 0.25) is 0 Å². The molecule has 0 fully saturated rings. The van der Waals surface area contributed by atoms with Gasteiger partial charge in [0.25, 0.3) is 0 Å². The molecule has 2 N–H and O–H groups in total. The van der Waals surface area contributed by atoms with Crippen LogP contribution in [-0.4, -0.2) is 58.3 Å². The molecule has 132 valence electrons. The quantitative estimate of drug-likeness (QED) is 0.372. The number of esters is 2. The Hall–Kier alpha value is -1.45. The third-order valence-corrected chi connectivity index (χ3v) is 2.37. The molecule has 12 heteroatoms. The number of ether oxygens (including phenoxy) is 3. The molecule has 0 heterocycles. The van der Waals surface area contributed by atoms with Crippen molar-refractivity contribution in [3.05, 3.63) is 0 Å². The molecule has 0 bridgehead atoms. The molecule has 0 radical (unpaired) electrons. The van der Waals surface area contributed by atoms with Crippen molar-refractivity contribution in [2.75, 3.05) is 13.2 Å². The van der Waals surface area contributed by atoms with Crippen LogP contribution in [0.4, 0.5) is 4.79 Å². The maximum atomic E-state index is 11.5. The number of halogens is 3. The molecule has 0 rings (SSSR count). The van der Waals surface area contributed by atoms with E-state index in [9.17, 15) is 19.2 Å². The second-order valence-corrected chi connectivity index (χ2v) is 6.62. The number of carbonyl (C=O) groups excluding carboxylic acids is 3. The molecule has 0 saturated carbocycles. The predicted molar refractivity (Wildman–Crippen MR) is 78.4 cm³/mol. The van der Waals surface area contributed by atoms with E-state index in [1.54, 1.807) is 0 Å². The van der Waals surface area contributed by atoms with Crippen molar-refractivity contribution in [3.63, 3.8) is 0 Å². The SMILES string of the molecule is CC(=O)OC[C@H](OC(C)=O)[C@H](NC(=O)OCC(Cl)(Cl)Cl)C(=O)O. The molecule has 0 aliphatic rings. The van der Waals surface area contributed by atoms with Crippen LogP contribution in [0.5, 0.6) is 0 Å². The summed E-state index contributed by atoms with van der Waals surface area (Å²) in [6.07, 6.45) is -2.71.